The van der Waals surface area contributed by atoms with Crippen molar-refractivity contribution in [2.24, 2.45) is 0 Å². The van der Waals surface area contributed by atoms with Gasteiger partial charge in [0.2, 0.25) is 0 Å². The van der Waals surface area contributed by atoms with E-state index in [2.05, 4.69) is 140 Å². The molecule has 1 aliphatic carbocycles. The second-order valence-electron chi connectivity index (χ2n) is 14.3. The molecule has 1 aromatic heterocycles. The zero-order valence-electron chi connectivity index (χ0n) is 30.3. The quantitative estimate of drug-likeness (QED) is 0.165. The van der Waals surface area contributed by atoms with Crippen molar-refractivity contribution >= 4 is 44.1 Å². The molecule has 8 aromatic carbocycles. The van der Waals surface area contributed by atoms with E-state index in [0.29, 0.717) is 17.5 Å². The number of ether oxygens (including phenoxy) is 1. The van der Waals surface area contributed by atoms with E-state index in [-0.39, 0.29) is 5.92 Å². The van der Waals surface area contributed by atoms with Gasteiger partial charge < -0.3 is 4.74 Å². The van der Waals surface area contributed by atoms with Crippen molar-refractivity contribution in [1.29, 1.82) is 0 Å². The Balaban J connectivity index is 1.14. The highest BCUT2D eigenvalue weighted by Crippen LogP contribution is 2.49. The van der Waals surface area contributed by atoms with Crippen LogP contribution in [-0.4, -0.2) is 15.0 Å². The van der Waals surface area contributed by atoms with Crippen molar-refractivity contribution in [3.05, 3.63) is 198 Å². The summed E-state index contributed by atoms with van der Waals surface area (Å²) in [5.74, 6) is 3.80. The Morgan fingerprint density at radius 2 is 0.982 bits per heavy atom. The first-order chi connectivity index (χ1) is 27.7. The van der Waals surface area contributed by atoms with Crippen molar-refractivity contribution in [2.75, 3.05) is 0 Å². The van der Waals surface area contributed by atoms with Gasteiger partial charge in [0.1, 0.15) is 11.5 Å². The molecule has 1 unspecified atom stereocenters. The van der Waals surface area contributed by atoms with Crippen LogP contribution in [0.5, 0.6) is 5.75 Å². The maximum atomic E-state index is 6.76. The lowest BCUT2D eigenvalue weighted by Crippen LogP contribution is -2.15. The molecule has 0 saturated heterocycles. The topological polar surface area (TPSA) is 47.9 Å². The molecule has 56 heavy (non-hydrogen) atoms. The molecule has 0 fully saturated rings. The maximum Gasteiger partial charge on any atom is 0.164 e. The number of aromatic nitrogens is 3. The van der Waals surface area contributed by atoms with Gasteiger partial charge in [0.15, 0.2) is 17.5 Å². The fraction of sp³-hybridized carbons (Fsp3) is 0.0392. The number of hydrogen-bond acceptors (Lipinski definition) is 5. The smallest absolute Gasteiger partial charge is 0.164 e. The van der Waals surface area contributed by atoms with Gasteiger partial charge in [0.05, 0.1) is 9.80 Å². The van der Waals surface area contributed by atoms with Crippen LogP contribution in [-0.2, 0) is 0 Å². The van der Waals surface area contributed by atoms with Gasteiger partial charge in [-0.2, -0.15) is 0 Å². The van der Waals surface area contributed by atoms with Crippen LogP contribution in [0.25, 0.3) is 77.6 Å². The molecule has 9 aromatic rings. The second-order valence-corrected chi connectivity index (χ2v) is 15.4. The van der Waals surface area contributed by atoms with Gasteiger partial charge in [-0.15, -0.1) is 0 Å². The van der Waals surface area contributed by atoms with Gasteiger partial charge >= 0.3 is 0 Å². The second kappa shape index (κ2) is 13.5. The molecule has 264 valence electrons. The summed E-state index contributed by atoms with van der Waals surface area (Å²) >= 11 is 1.78. The monoisotopic (exact) mass is 735 g/mol. The zero-order chi connectivity index (χ0) is 37.0. The summed E-state index contributed by atoms with van der Waals surface area (Å²) in [4.78, 5) is 17.6. The van der Waals surface area contributed by atoms with Crippen LogP contribution in [0.2, 0.25) is 0 Å². The molecule has 0 spiro atoms. The van der Waals surface area contributed by atoms with Crippen LogP contribution < -0.4 is 4.74 Å². The fourth-order valence-electron chi connectivity index (χ4n) is 8.19. The summed E-state index contributed by atoms with van der Waals surface area (Å²) in [6, 6.07) is 59.9. The van der Waals surface area contributed by atoms with Gasteiger partial charge in [0, 0.05) is 22.6 Å². The average Bonchev–Trinajstić information content (AvgIpc) is 3.28. The maximum absolute atomic E-state index is 6.76. The van der Waals surface area contributed by atoms with E-state index >= 15 is 0 Å². The molecule has 0 amide bonds. The molecular weight excluding hydrogens is 703 g/mol. The molecule has 11 rings (SSSR count). The third-order valence-electron chi connectivity index (χ3n) is 10.9. The van der Waals surface area contributed by atoms with Crippen molar-refractivity contribution in [3.63, 3.8) is 0 Å². The van der Waals surface area contributed by atoms with Gasteiger partial charge in [-0.25, -0.2) is 15.0 Å². The van der Waals surface area contributed by atoms with Gasteiger partial charge in [0.25, 0.3) is 0 Å². The number of nitrogens with zero attached hydrogens (tertiary/aromatic N) is 3. The molecule has 2 heterocycles. The lowest BCUT2D eigenvalue weighted by atomic mass is 9.86. The number of para-hydroxylation sites is 1. The summed E-state index contributed by atoms with van der Waals surface area (Å²) in [5.41, 5.74) is 6.19. The number of allylic oxidation sites excluding steroid dienone is 3. The number of rotatable bonds is 5. The molecule has 0 radical (unpaired) electrons. The summed E-state index contributed by atoms with van der Waals surface area (Å²) in [5, 5.41) is 7.51. The van der Waals surface area contributed by atoms with E-state index in [0.717, 1.165) is 61.1 Å². The van der Waals surface area contributed by atoms with E-state index in [1.54, 1.807) is 11.8 Å². The van der Waals surface area contributed by atoms with Crippen molar-refractivity contribution < 1.29 is 4.74 Å². The summed E-state index contributed by atoms with van der Waals surface area (Å²) < 4.78 is 6.76. The summed E-state index contributed by atoms with van der Waals surface area (Å²) in [6.07, 6.45) is 5.30. The van der Waals surface area contributed by atoms with Crippen molar-refractivity contribution in [2.45, 2.75) is 17.2 Å². The summed E-state index contributed by atoms with van der Waals surface area (Å²) in [7, 11) is 0. The Kier molecular flexibility index (Phi) is 7.85. The highest BCUT2D eigenvalue weighted by atomic mass is 32.2. The Morgan fingerprint density at radius 3 is 1.64 bits per heavy atom. The van der Waals surface area contributed by atoms with Crippen LogP contribution in [0.15, 0.2) is 198 Å². The molecule has 4 nitrogen and oxygen atoms in total. The Bertz CT molecular complexity index is 2970. The molecule has 0 bridgehead atoms. The van der Waals surface area contributed by atoms with Gasteiger partial charge in [-0.3, -0.25) is 0 Å². The van der Waals surface area contributed by atoms with Crippen LogP contribution in [0.3, 0.4) is 0 Å². The van der Waals surface area contributed by atoms with E-state index in [1.165, 1.54) is 32.3 Å². The largest absolute Gasteiger partial charge is 0.459 e. The molecule has 5 heteroatoms. The fourth-order valence-corrected chi connectivity index (χ4v) is 9.24. The Hall–Kier alpha value is -6.82. The van der Waals surface area contributed by atoms with Crippen LogP contribution >= 0.6 is 11.8 Å². The first kappa shape index (κ1) is 32.6. The predicted octanol–water partition coefficient (Wildman–Crippen LogP) is 13.4. The molecular formula is C51H33N3OS. The van der Waals surface area contributed by atoms with E-state index in [9.17, 15) is 0 Å². The van der Waals surface area contributed by atoms with Gasteiger partial charge in [-0.1, -0.05) is 157 Å². The van der Waals surface area contributed by atoms with Crippen LogP contribution in [0.1, 0.15) is 17.9 Å². The Labute approximate surface area is 328 Å². The highest BCUT2D eigenvalue weighted by molar-refractivity contribution is 8.03. The van der Waals surface area contributed by atoms with Crippen LogP contribution in [0.4, 0.5) is 0 Å². The minimum Gasteiger partial charge on any atom is -0.459 e. The lowest BCUT2D eigenvalue weighted by Gasteiger charge is -2.30. The normalized spacial score (nSPS) is 14.8. The molecule has 2 aliphatic rings. The first-order valence-corrected chi connectivity index (χ1v) is 19.8. The minimum absolute atomic E-state index is 0.00353. The van der Waals surface area contributed by atoms with Crippen molar-refractivity contribution in [1.82, 2.24) is 15.0 Å². The number of hydrogen-bond donors (Lipinski definition) is 0. The average molecular weight is 736 g/mol. The molecule has 1 atom stereocenters. The minimum atomic E-state index is 0.00353. The molecule has 0 saturated carbocycles. The molecule has 0 N–H and O–H groups in total. The Morgan fingerprint density at radius 1 is 0.446 bits per heavy atom. The summed E-state index contributed by atoms with van der Waals surface area (Å²) in [6.45, 7) is 0. The first-order valence-electron chi connectivity index (χ1n) is 18.9. The van der Waals surface area contributed by atoms with E-state index in [1.807, 2.05) is 42.5 Å². The number of fused-ring (bicyclic) bond motifs is 7. The third kappa shape index (κ3) is 5.67. The molecule has 1 aliphatic heterocycles. The van der Waals surface area contributed by atoms with Crippen LogP contribution in [0, 0.1) is 0 Å². The third-order valence-corrected chi connectivity index (χ3v) is 12.0. The van der Waals surface area contributed by atoms with Crippen molar-refractivity contribution in [3.8, 4) is 51.0 Å². The SMILES string of the molecule is C1=CC2=C(Oc3ccccc3S2)C(c2cc(-c3ccc4c5ccccc5c5ccccc5c4c3)cc(-c3nc(-c4ccccc4)nc(-c4ccccc4)n3)c2)C1. The number of benzene rings is 8. The predicted molar refractivity (Wildman–Crippen MR) is 231 cm³/mol. The zero-order valence-corrected chi connectivity index (χ0v) is 31.1. The highest BCUT2D eigenvalue weighted by Gasteiger charge is 2.30. The standard InChI is InChI=1S/C51H33N3OS/c1-3-14-32(15-4-1)49-52-50(33-16-5-2-6-17-33)54-51(53-49)37-29-35(28-36(30-37)38-22-13-25-47-48(38)55-45-23-11-12-24-46(45)56-47)34-26-27-43-41-20-8-7-18-39(41)40-19-9-10-21-42(40)44(43)31-34/h1-21,23-31,38H,22H2. The number of thioether (sulfide) groups is 1. The lowest BCUT2D eigenvalue weighted by molar-refractivity contribution is 0.368. The van der Waals surface area contributed by atoms with Gasteiger partial charge in [-0.05, 0) is 91.8 Å². The van der Waals surface area contributed by atoms with E-state index < -0.39 is 0 Å². The van der Waals surface area contributed by atoms with E-state index in [4.69, 9.17) is 19.7 Å².